The van der Waals surface area contributed by atoms with E-state index in [2.05, 4.69) is 5.32 Å². The molecule has 0 aliphatic carbocycles. The monoisotopic (exact) mass is 284 g/mol. The third-order valence-corrected chi connectivity index (χ3v) is 5.57. The number of methoxy groups -OCH3 is 1. The molecule has 0 radical (unpaired) electrons. The van der Waals surface area contributed by atoms with E-state index in [1.807, 2.05) is 24.3 Å². The van der Waals surface area contributed by atoms with Gasteiger partial charge in [-0.15, -0.1) is 0 Å². The highest BCUT2D eigenvalue weighted by atomic mass is 32.2. The molecule has 1 atom stereocenters. The van der Waals surface area contributed by atoms with Gasteiger partial charge < -0.3 is 10.1 Å². The summed E-state index contributed by atoms with van der Waals surface area (Å²) < 4.78 is 31.3. The second-order valence-corrected chi connectivity index (χ2v) is 7.09. The third-order valence-electron chi connectivity index (χ3n) is 3.36. The Hall–Kier alpha value is -1.11. The Balaban J connectivity index is 2.15. The first-order chi connectivity index (χ1) is 9.04. The van der Waals surface area contributed by atoms with Crippen LogP contribution in [0.4, 0.5) is 0 Å². The fraction of sp³-hybridized carbons (Fsp3) is 0.538. The maximum atomic E-state index is 12.3. The molecule has 1 saturated heterocycles. The quantitative estimate of drug-likeness (QED) is 0.893. The first-order valence-corrected chi connectivity index (χ1v) is 7.87. The molecular formula is C13H20N2O3S. The van der Waals surface area contributed by atoms with Crippen molar-refractivity contribution in [2.75, 3.05) is 26.7 Å². The van der Waals surface area contributed by atoms with Crippen LogP contribution in [0.1, 0.15) is 12.5 Å². The van der Waals surface area contributed by atoms with E-state index in [4.69, 9.17) is 4.74 Å². The van der Waals surface area contributed by atoms with E-state index in [0.29, 0.717) is 26.2 Å². The van der Waals surface area contributed by atoms with Crippen molar-refractivity contribution in [3.63, 3.8) is 0 Å². The minimum Gasteiger partial charge on any atom is -0.497 e. The zero-order valence-electron chi connectivity index (χ0n) is 11.3. The van der Waals surface area contributed by atoms with Gasteiger partial charge in [0.2, 0.25) is 10.0 Å². The van der Waals surface area contributed by atoms with Gasteiger partial charge >= 0.3 is 0 Å². The maximum absolute atomic E-state index is 12.3. The highest BCUT2D eigenvalue weighted by Crippen LogP contribution is 2.17. The molecule has 1 aliphatic rings. The summed E-state index contributed by atoms with van der Waals surface area (Å²) >= 11 is 0. The molecule has 1 heterocycles. The SMILES string of the molecule is COc1ccc(CN2CCNCC(C)S2(=O)=O)cc1. The Morgan fingerprint density at radius 3 is 2.68 bits per heavy atom. The van der Waals surface area contributed by atoms with E-state index in [1.54, 1.807) is 18.3 Å². The van der Waals surface area contributed by atoms with Crippen molar-refractivity contribution in [1.82, 2.24) is 9.62 Å². The summed E-state index contributed by atoms with van der Waals surface area (Å²) in [5, 5.41) is 2.76. The standard InChI is InChI=1S/C13H20N2O3S/c1-11-9-14-7-8-15(19(11,16)17)10-12-3-5-13(18-2)6-4-12/h3-6,11,14H,7-10H2,1-2H3. The Bertz CT molecular complexity index is 513. The number of ether oxygens (including phenoxy) is 1. The summed E-state index contributed by atoms with van der Waals surface area (Å²) in [6, 6.07) is 7.50. The largest absolute Gasteiger partial charge is 0.497 e. The first-order valence-electron chi connectivity index (χ1n) is 6.36. The summed E-state index contributed by atoms with van der Waals surface area (Å²) in [5.74, 6) is 0.775. The third kappa shape index (κ3) is 3.26. The van der Waals surface area contributed by atoms with Crippen molar-refractivity contribution in [3.8, 4) is 5.75 Å². The van der Waals surface area contributed by atoms with Crippen LogP contribution in [0.3, 0.4) is 0 Å². The Kier molecular flexibility index (Phi) is 4.44. The minimum absolute atomic E-state index is 0.381. The van der Waals surface area contributed by atoms with Crippen molar-refractivity contribution >= 4 is 10.0 Å². The number of sulfonamides is 1. The zero-order chi connectivity index (χ0) is 13.9. The lowest BCUT2D eigenvalue weighted by Gasteiger charge is -2.22. The van der Waals surface area contributed by atoms with Crippen LogP contribution in [0.25, 0.3) is 0 Å². The van der Waals surface area contributed by atoms with E-state index in [1.165, 1.54) is 0 Å². The molecule has 0 bridgehead atoms. The molecule has 1 aromatic rings. The second-order valence-electron chi connectivity index (χ2n) is 4.74. The normalized spacial score (nSPS) is 23.8. The average Bonchev–Trinajstić information content (AvgIpc) is 2.53. The van der Waals surface area contributed by atoms with E-state index < -0.39 is 10.0 Å². The summed E-state index contributed by atoms with van der Waals surface area (Å²) in [5.41, 5.74) is 0.971. The van der Waals surface area contributed by atoms with Gasteiger partial charge in [-0.3, -0.25) is 0 Å². The van der Waals surface area contributed by atoms with Crippen molar-refractivity contribution in [1.29, 1.82) is 0 Å². The molecule has 106 valence electrons. The molecule has 6 heteroatoms. The number of hydrogen-bond donors (Lipinski definition) is 1. The van der Waals surface area contributed by atoms with Gasteiger partial charge in [0.1, 0.15) is 5.75 Å². The van der Waals surface area contributed by atoms with Crippen LogP contribution in [0.15, 0.2) is 24.3 Å². The maximum Gasteiger partial charge on any atom is 0.218 e. The predicted molar refractivity (Wildman–Crippen MR) is 74.7 cm³/mol. The number of nitrogens with zero attached hydrogens (tertiary/aromatic N) is 1. The lowest BCUT2D eigenvalue weighted by atomic mass is 10.2. The smallest absolute Gasteiger partial charge is 0.218 e. The number of nitrogens with one attached hydrogen (secondary N) is 1. The lowest BCUT2D eigenvalue weighted by Crippen LogP contribution is -2.37. The van der Waals surface area contributed by atoms with Crippen molar-refractivity contribution in [2.45, 2.75) is 18.7 Å². The number of rotatable bonds is 3. The van der Waals surface area contributed by atoms with Crippen molar-refractivity contribution in [2.24, 2.45) is 0 Å². The molecule has 1 aliphatic heterocycles. The van der Waals surface area contributed by atoms with E-state index in [-0.39, 0.29) is 5.25 Å². The van der Waals surface area contributed by atoms with Crippen LogP contribution in [-0.4, -0.2) is 44.7 Å². The molecule has 2 rings (SSSR count). The van der Waals surface area contributed by atoms with Gasteiger partial charge in [0, 0.05) is 26.2 Å². The van der Waals surface area contributed by atoms with Gasteiger partial charge in [0.25, 0.3) is 0 Å². The Morgan fingerprint density at radius 2 is 2.05 bits per heavy atom. The highest BCUT2D eigenvalue weighted by Gasteiger charge is 2.30. The lowest BCUT2D eigenvalue weighted by molar-refractivity contribution is 0.408. The van der Waals surface area contributed by atoms with Crippen LogP contribution in [-0.2, 0) is 16.6 Å². The topological polar surface area (TPSA) is 58.6 Å². The Labute approximate surface area is 114 Å². The molecule has 19 heavy (non-hydrogen) atoms. The summed E-state index contributed by atoms with van der Waals surface area (Å²) in [6.45, 7) is 3.88. The number of hydrogen-bond acceptors (Lipinski definition) is 4. The van der Waals surface area contributed by atoms with Crippen LogP contribution in [0.2, 0.25) is 0 Å². The first kappa shape index (κ1) is 14.3. The van der Waals surface area contributed by atoms with Gasteiger partial charge in [-0.2, -0.15) is 4.31 Å². The molecule has 5 nitrogen and oxygen atoms in total. The van der Waals surface area contributed by atoms with Crippen molar-refractivity contribution < 1.29 is 13.2 Å². The van der Waals surface area contributed by atoms with Gasteiger partial charge in [0.15, 0.2) is 0 Å². The van der Waals surface area contributed by atoms with E-state index in [9.17, 15) is 8.42 Å². The zero-order valence-corrected chi connectivity index (χ0v) is 12.1. The molecule has 0 amide bonds. The molecule has 1 N–H and O–H groups in total. The fourth-order valence-corrected chi connectivity index (χ4v) is 3.61. The summed E-state index contributed by atoms with van der Waals surface area (Å²) in [7, 11) is -1.60. The van der Waals surface area contributed by atoms with Crippen LogP contribution in [0.5, 0.6) is 5.75 Å². The summed E-state index contributed by atoms with van der Waals surface area (Å²) in [6.07, 6.45) is 0. The van der Waals surface area contributed by atoms with Gasteiger partial charge in [-0.25, -0.2) is 8.42 Å². The molecule has 1 unspecified atom stereocenters. The average molecular weight is 284 g/mol. The predicted octanol–water partition coefficient (Wildman–Crippen LogP) is 0.819. The summed E-state index contributed by atoms with van der Waals surface area (Å²) in [4.78, 5) is 0. The molecule has 1 aromatic carbocycles. The minimum atomic E-state index is -3.21. The van der Waals surface area contributed by atoms with Crippen LogP contribution < -0.4 is 10.1 Å². The fourth-order valence-electron chi connectivity index (χ4n) is 2.10. The molecule has 0 aromatic heterocycles. The van der Waals surface area contributed by atoms with E-state index >= 15 is 0 Å². The Morgan fingerprint density at radius 1 is 1.37 bits per heavy atom. The molecule has 1 fully saturated rings. The molecule has 0 spiro atoms. The van der Waals surface area contributed by atoms with Crippen LogP contribution in [0, 0.1) is 0 Å². The second kappa shape index (κ2) is 5.90. The van der Waals surface area contributed by atoms with Crippen LogP contribution >= 0.6 is 0 Å². The van der Waals surface area contributed by atoms with Gasteiger partial charge in [-0.1, -0.05) is 12.1 Å². The van der Waals surface area contributed by atoms with E-state index in [0.717, 1.165) is 11.3 Å². The highest BCUT2D eigenvalue weighted by molar-refractivity contribution is 7.89. The van der Waals surface area contributed by atoms with Gasteiger partial charge in [0.05, 0.1) is 12.4 Å². The molecular weight excluding hydrogens is 264 g/mol. The van der Waals surface area contributed by atoms with Crippen molar-refractivity contribution in [3.05, 3.63) is 29.8 Å². The molecule has 0 saturated carbocycles. The van der Waals surface area contributed by atoms with Gasteiger partial charge in [-0.05, 0) is 24.6 Å². The number of benzene rings is 1.